The van der Waals surface area contributed by atoms with Crippen molar-refractivity contribution in [3.8, 4) is 0 Å². The fourth-order valence-corrected chi connectivity index (χ4v) is 1.70. The van der Waals surface area contributed by atoms with Gasteiger partial charge in [-0.25, -0.2) is 27.5 Å². The van der Waals surface area contributed by atoms with Crippen molar-refractivity contribution in [2.45, 2.75) is 25.3 Å². The number of hydrogen-bond donors (Lipinski definition) is 2. The molecule has 0 fully saturated rings. The summed E-state index contributed by atoms with van der Waals surface area (Å²) in [6.07, 6.45) is -1.44. The number of aromatic nitrogens is 2. The van der Waals surface area contributed by atoms with Crippen molar-refractivity contribution < 1.29 is 52.6 Å². The first-order valence-corrected chi connectivity index (χ1v) is 8.81. The van der Waals surface area contributed by atoms with E-state index in [0.29, 0.717) is 22.7 Å². The van der Waals surface area contributed by atoms with Gasteiger partial charge in [-0.15, -0.1) is 11.6 Å². The van der Waals surface area contributed by atoms with E-state index in [1.807, 2.05) is 6.07 Å². The number of nitrogens with two attached hydrogens (primary N) is 1. The summed E-state index contributed by atoms with van der Waals surface area (Å²) in [5.74, 6) is 0.490. The molecule has 0 saturated carbocycles. The monoisotopic (exact) mass is 488 g/mol. The second-order valence-electron chi connectivity index (χ2n) is 4.76. The Morgan fingerprint density at radius 3 is 1.66 bits per heavy atom. The van der Waals surface area contributed by atoms with Crippen LogP contribution in [0.4, 0.5) is 17.6 Å². The molecule has 0 bridgehead atoms. The SMILES string of the molecule is ClCc1ccc(Cl)nc1.FC(F)CNCc1ccc(Cl)nc1.NCC(F)F.[Na+].[OH-]. The Bertz CT molecular complexity index is 614. The Balaban J connectivity index is -0.000000372. The second kappa shape index (κ2) is 21.0. The number of nitrogens with one attached hydrogen (secondary N) is 1. The van der Waals surface area contributed by atoms with E-state index in [0.717, 1.165) is 11.1 Å². The Labute approximate surface area is 203 Å². The van der Waals surface area contributed by atoms with Crippen LogP contribution in [0, 0.1) is 0 Å². The first-order valence-electron chi connectivity index (χ1n) is 7.52. The number of hydrogen-bond acceptors (Lipinski definition) is 5. The average Bonchev–Trinajstić information content (AvgIpc) is 2.65. The minimum atomic E-state index is -2.34. The third kappa shape index (κ3) is 20.8. The molecule has 0 radical (unpaired) electrons. The van der Waals surface area contributed by atoms with E-state index in [1.165, 1.54) is 0 Å². The molecule has 4 N–H and O–H groups in total. The normalized spacial score (nSPS) is 9.45. The van der Waals surface area contributed by atoms with Crippen molar-refractivity contribution in [1.29, 1.82) is 0 Å². The molecule has 160 valence electrons. The van der Waals surface area contributed by atoms with Crippen LogP contribution in [0.1, 0.15) is 11.1 Å². The van der Waals surface area contributed by atoms with Gasteiger partial charge < -0.3 is 16.5 Å². The molecule has 0 aromatic carbocycles. The zero-order valence-corrected chi connectivity index (χ0v) is 19.8. The quantitative estimate of drug-likeness (QED) is 0.278. The van der Waals surface area contributed by atoms with Crippen LogP contribution in [0.25, 0.3) is 0 Å². The van der Waals surface area contributed by atoms with Gasteiger partial charge in [0, 0.05) is 24.8 Å². The van der Waals surface area contributed by atoms with Crippen molar-refractivity contribution in [1.82, 2.24) is 15.3 Å². The average molecular weight is 490 g/mol. The number of rotatable bonds is 6. The van der Waals surface area contributed by atoms with E-state index in [2.05, 4.69) is 21.0 Å². The maximum Gasteiger partial charge on any atom is 1.00 e. The van der Waals surface area contributed by atoms with Gasteiger partial charge in [0.15, 0.2) is 0 Å². The number of pyridine rings is 2. The molecule has 0 spiro atoms. The predicted molar refractivity (Wildman–Crippen MR) is 103 cm³/mol. The van der Waals surface area contributed by atoms with Crippen LogP contribution in [0.5, 0.6) is 0 Å². The molecule has 2 aromatic rings. The fraction of sp³-hybridized carbons (Fsp3) is 0.375. The van der Waals surface area contributed by atoms with Gasteiger partial charge >= 0.3 is 29.6 Å². The van der Waals surface area contributed by atoms with Gasteiger partial charge in [0.25, 0.3) is 12.9 Å². The van der Waals surface area contributed by atoms with Crippen molar-refractivity contribution in [2.24, 2.45) is 5.73 Å². The first-order chi connectivity index (χ1) is 12.8. The van der Waals surface area contributed by atoms with Crippen LogP contribution in [0.3, 0.4) is 0 Å². The van der Waals surface area contributed by atoms with E-state index in [-0.39, 0.29) is 41.6 Å². The Hall–Kier alpha value is -0.230. The molecular formula is C16H20Cl3F4N4NaO. The van der Waals surface area contributed by atoms with Gasteiger partial charge in [-0.2, -0.15) is 0 Å². The van der Waals surface area contributed by atoms with E-state index >= 15 is 0 Å². The standard InChI is InChI=1S/C8H9ClF2N2.C6H5Cl2N.C2H5F2N.Na.H2O/c9-7-2-1-6(4-13-7)3-12-5-8(10)11;7-3-5-1-2-6(8)9-4-5;3-2(4)1-5;;/h1-2,4,8,12H,3,5H2;1-2,4H,3H2;2H,1,5H2;;1H2/q;;;+1;/p-1. The molecule has 0 aliphatic heterocycles. The topological polar surface area (TPSA) is 93.8 Å². The zero-order valence-electron chi connectivity index (χ0n) is 15.5. The van der Waals surface area contributed by atoms with E-state index in [4.69, 9.17) is 34.8 Å². The smallest absolute Gasteiger partial charge is 0.870 e. The van der Waals surface area contributed by atoms with Crippen LogP contribution >= 0.6 is 34.8 Å². The van der Waals surface area contributed by atoms with E-state index < -0.39 is 19.4 Å². The minimum absolute atomic E-state index is 0. The van der Waals surface area contributed by atoms with Gasteiger partial charge in [0.2, 0.25) is 0 Å². The van der Waals surface area contributed by atoms with Crippen LogP contribution in [-0.4, -0.2) is 41.4 Å². The number of alkyl halides is 5. The molecule has 2 rings (SSSR count). The molecule has 0 amide bonds. The van der Waals surface area contributed by atoms with Crippen LogP contribution in [-0.2, 0) is 12.4 Å². The predicted octanol–water partition coefficient (Wildman–Crippen LogP) is 1.60. The van der Waals surface area contributed by atoms with Crippen LogP contribution in [0.2, 0.25) is 10.3 Å². The van der Waals surface area contributed by atoms with Gasteiger partial charge in [-0.1, -0.05) is 35.3 Å². The summed E-state index contributed by atoms with van der Waals surface area (Å²) in [4.78, 5) is 7.65. The number of halogens is 7. The third-order valence-electron chi connectivity index (χ3n) is 2.54. The second-order valence-corrected chi connectivity index (χ2v) is 5.80. The van der Waals surface area contributed by atoms with E-state index in [9.17, 15) is 17.6 Å². The summed E-state index contributed by atoms with van der Waals surface area (Å²) < 4.78 is 44.7. The Kier molecular flexibility index (Phi) is 24.2. The maximum atomic E-state index is 11.7. The molecule has 2 heterocycles. The third-order valence-corrected chi connectivity index (χ3v) is 3.29. The van der Waals surface area contributed by atoms with Crippen molar-refractivity contribution in [2.75, 3.05) is 13.1 Å². The summed E-state index contributed by atoms with van der Waals surface area (Å²) in [7, 11) is 0. The molecule has 5 nitrogen and oxygen atoms in total. The summed E-state index contributed by atoms with van der Waals surface area (Å²) in [6, 6.07) is 6.94. The Morgan fingerprint density at radius 2 is 1.34 bits per heavy atom. The molecule has 0 atom stereocenters. The zero-order chi connectivity index (χ0) is 20.7. The van der Waals surface area contributed by atoms with Gasteiger partial charge in [0.05, 0.1) is 13.1 Å². The summed E-state index contributed by atoms with van der Waals surface area (Å²) in [5, 5.41) is 3.49. The summed E-state index contributed by atoms with van der Waals surface area (Å²) in [6.45, 7) is -0.447. The Morgan fingerprint density at radius 1 is 0.897 bits per heavy atom. The summed E-state index contributed by atoms with van der Waals surface area (Å²) >= 11 is 16.6. The van der Waals surface area contributed by atoms with Crippen LogP contribution in [0.15, 0.2) is 36.7 Å². The van der Waals surface area contributed by atoms with Gasteiger partial charge in [-0.05, 0) is 23.3 Å². The summed E-state index contributed by atoms with van der Waals surface area (Å²) in [5.41, 5.74) is 6.25. The largest absolute Gasteiger partial charge is 1.00 e. The molecule has 29 heavy (non-hydrogen) atoms. The molecule has 13 heteroatoms. The van der Waals surface area contributed by atoms with Crippen molar-refractivity contribution >= 4 is 34.8 Å². The van der Waals surface area contributed by atoms with Crippen molar-refractivity contribution in [3.05, 3.63) is 58.1 Å². The van der Waals surface area contributed by atoms with Crippen LogP contribution < -0.4 is 40.6 Å². The maximum absolute atomic E-state index is 11.7. The van der Waals surface area contributed by atoms with Gasteiger partial charge in [0.1, 0.15) is 10.3 Å². The van der Waals surface area contributed by atoms with Gasteiger partial charge in [-0.3, -0.25) is 0 Å². The first kappa shape index (κ1) is 33.4. The van der Waals surface area contributed by atoms with Crippen molar-refractivity contribution in [3.63, 3.8) is 0 Å². The number of nitrogens with zero attached hydrogens (tertiary/aromatic N) is 2. The molecule has 0 aliphatic carbocycles. The molecule has 0 aliphatic rings. The molecule has 2 aromatic heterocycles. The minimum Gasteiger partial charge on any atom is -0.870 e. The van der Waals surface area contributed by atoms with E-state index in [1.54, 1.807) is 30.6 Å². The molecule has 0 unspecified atom stereocenters. The fourth-order valence-electron chi connectivity index (χ4n) is 1.32. The molecule has 0 saturated heterocycles. The molecular weight excluding hydrogens is 470 g/mol.